The van der Waals surface area contributed by atoms with Gasteiger partial charge in [0.15, 0.2) is 17.2 Å². The Morgan fingerprint density at radius 1 is 1.06 bits per heavy atom. The molecule has 0 saturated carbocycles. The van der Waals surface area contributed by atoms with Gasteiger partial charge in [-0.25, -0.2) is 0 Å². The Morgan fingerprint density at radius 2 is 1.86 bits per heavy atom. The van der Waals surface area contributed by atoms with Crippen LogP contribution in [0.1, 0.15) is 30.4 Å². The third kappa shape index (κ3) is 6.12. The molecule has 0 unspecified atom stereocenters. The maximum absolute atomic E-state index is 13.3. The molecule has 184 valence electrons. The standard InChI is InChI=1S/C25H27ClN4O5/c1-17(2)30-20(9-10-27-30)25(32)29-11-12-33-13-14-34-22-5-3-4-6-23(22)35-21-8-7-18(26)15-19(21)28-24(31)16-29/h3-10,15,17H,11-14,16H2,1-2H3,(H,28,31). The van der Waals surface area contributed by atoms with Gasteiger partial charge in [-0.1, -0.05) is 23.7 Å². The van der Waals surface area contributed by atoms with E-state index >= 15 is 0 Å². The number of rotatable bonds is 2. The fourth-order valence-corrected chi connectivity index (χ4v) is 3.79. The minimum Gasteiger partial charge on any atom is -0.487 e. The highest BCUT2D eigenvalue weighted by atomic mass is 35.5. The van der Waals surface area contributed by atoms with Crippen molar-refractivity contribution in [3.8, 4) is 17.2 Å². The Labute approximate surface area is 208 Å². The highest BCUT2D eigenvalue weighted by Gasteiger charge is 2.24. The fraction of sp³-hybridized carbons (Fsp3) is 0.320. The van der Waals surface area contributed by atoms with Gasteiger partial charge in [0.05, 0.1) is 18.9 Å². The number of anilines is 1. The average Bonchev–Trinajstić information content (AvgIpc) is 3.32. The summed E-state index contributed by atoms with van der Waals surface area (Å²) in [5, 5.41) is 7.49. The first-order valence-electron chi connectivity index (χ1n) is 11.3. The van der Waals surface area contributed by atoms with Crippen LogP contribution in [0.5, 0.6) is 17.2 Å². The van der Waals surface area contributed by atoms with E-state index in [1.807, 2.05) is 26.0 Å². The number of nitrogens with one attached hydrogen (secondary N) is 1. The molecule has 0 atom stereocenters. The number of hydrogen-bond donors (Lipinski definition) is 1. The summed E-state index contributed by atoms with van der Waals surface area (Å²) in [7, 11) is 0. The normalized spacial score (nSPS) is 15.1. The van der Waals surface area contributed by atoms with E-state index in [4.69, 9.17) is 25.8 Å². The van der Waals surface area contributed by atoms with Crippen LogP contribution in [-0.4, -0.2) is 59.4 Å². The molecule has 1 aliphatic heterocycles. The van der Waals surface area contributed by atoms with Crippen LogP contribution >= 0.6 is 11.6 Å². The zero-order valence-corrected chi connectivity index (χ0v) is 20.3. The smallest absolute Gasteiger partial charge is 0.272 e. The minimum atomic E-state index is -0.402. The van der Waals surface area contributed by atoms with Crippen molar-refractivity contribution in [2.45, 2.75) is 19.9 Å². The highest BCUT2D eigenvalue weighted by Crippen LogP contribution is 2.36. The third-order valence-electron chi connectivity index (χ3n) is 5.28. The molecule has 1 aliphatic rings. The number of para-hydroxylation sites is 2. The number of carbonyl (C=O) groups excluding carboxylic acids is 2. The second-order valence-electron chi connectivity index (χ2n) is 8.18. The van der Waals surface area contributed by atoms with Gasteiger partial charge in [0.1, 0.15) is 18.8 Å². The molecule has 0 aliphatic carbocycles. The van der Waals surface area contributed by atoms with Crippen LogP contribution in [0, 0.1) is 0 Å². The lowest BCUT2D eigenvalue weighted by Crippen LogP contribution is -2.41. The second kappa shape index (κ2) is 11.2. The van der Waals surface area contributed by atoms with Crippen molar-refractivity contribution in [1.82, 2.24) is 14.7 Å². The molecule has 0 fully saturated rings. The predicted molar refractivity (Wildman–Crippen MR) is 131 cm³/mol. The van der Waals surface area contributed by atoms with E-state index in [2.05, 4.69) is 10.4 Å². The van der Waals surface area contributed by atoms with Gasteiger partial charge in [0.25, 0.3) is 5.91 Å². The Kier molecular flexibility index (Phi) is 7.89. The lowest BCUT2D eigenvalue weighted by Gasteiger charge is -2.23. The van der Waals surface area contributed by atoms with E-state index in [0.717, 1.165) is 0 Å². The zero-order chi connectivity index (χ0) is 24.8. The van der Waals surface area contributed by atoms with Crippen molar-refractivity contribution in [1.29, 1.82) is 0 Å². The van der Waals surface area contributed by atoms with Crippen LogP contribution in [0.25, 0.3) is 0 Å². The second-order valence-corrected chi connectivity index (χ2v) is 8.62. The number of fused-ring (bicyclic) bond motifs is 2. The maximum Gasteiger partial charge on any atom is 0.272 e. The van der Waals surface area contributed by atoms with Crippen molar-refractivity contribution >= 4 is 29.1 Å². The number of carbonyl (C=O) groups is 2. The molecule has 0 radical (unpaired) electrons. The molecule has 10 heteroatoms. The van der Waals surface area contributed by atoms with Gasteiger partial charge in [-0.05, 0) is 50.2 Å². The summed E-state index contributed by atoms with van der Waals surface area (Å²) < 4.78 is 19.2. The number of ether oxygens (including phenoxy) is 3. The number of benzene rings is 2. The first-order valence-corrected chi connectivity index (χ1v) is 11.7. The zero-order valence-electron chi connectivity index (χ0n) is 19.6. The Balaban J connectivity index is 1.62. The molecule has 0 saturated heterocycles. The van der Waals surface area contributed by atoms with Gasteiger partial charge >= 0.3 is 0 Å². The number of halogens is 1. The third-order valence-corrected chi connectivity index (χ3v) is 5.51. The molecule has 2 aromatic carbocycles. The largest absolute Gasteiger partial charge is 0.487 e. The molecular formula is C25H27ClN4O5. The van der Waals surface area contributed by atoms with Crippen LogP contribution < -0.4 is 14.8 Å². The summed E-state index contributed by atoms with van der Waals surface area (Å²) in [5.74, 6) is 0.697. The first-order chi connectivity index (χ1) is 16.9. The molecule has 0 bridgehead atoms. The molecule has 1 aromatic heterocycles. The van der Waals surface area contributed by atoms with Crippen molar-refractivity contribution in [3.05, 3.63) is 65.4 Å². The molecule has 9 nitrogen and oxygen atoms in total. The summed E-state index contributed by atoms with van der Waals surface area (Å²) in [6, 6.07) is 13.8. The van der Waals surface area contributed by atoms with E-state index in [0.29, 0.717) is 46.9 Å². The van der Waals surface area contributed by atoms with Crippen LogP contribution in [0.3, 0.4) is 0 Å². The Bertz CT molecular complexity index is 1200. The van der Waals surface area contributed by atoms with Gasteiger partial charge in [0, 0.05) is 23.8 Å². The lowest BCUT2D eigenvalue weighted by molar-refractivity contribution is -0.117. The summed E-state index contributed by atoms with van der Waals surface area (Å²) in [5.41, 5.74) is 0.777. The summed E-state index contributed by atoms with van der Waals surface area (Å²) in [6.45, 7) is 4.72. The van der Waals surface area contributed by atoms with Crippen molar-refractivity contribution < 1.29 is 23.8 Å². The number of hydrogen-bond acceptors (Lipinski definition) is 6. The van der Waals surface area contributed by atoms with E-state index < -0.39 is 5.91 Å². The van der Waals surface area contributed by atoms with E-state index in [1.165, 1.54) is 4.90 Å². The molecule has 3 aromatic rings. The van der Waals surface area contributed by atoms with Crippen molar-refractivity contribution in [3.63, 3.8) is 0 Å². The molecule has 0 spiro atoms. The first kappa shape index (κ1) is 24.6. The van der Waals surface area contributed by atoms with Crippen LogP contribution in [0.2, 0.25) is 5.02 Å². The average molecular weight is 499 g/mol. The van der Waals surface area contributed by atoms with Gasteiger partial charge in [-0.2, -0.15) is 5.10 Å². The number of amides is 2. The summed E-state index contributed by atoms with van der Waals surface area (Å²) in [4.78, 5) is 27.8. The molecule has 2 heterocycles. The quantitative estimate of drug-likeness (QED) is 0.562. The van der Waals surface area contributed by atoms with Crippen LogP contribution in [0.4, 0.5) is 5.69 Å². The monoisotopic (exact) mass is 498 g/mol. The Morgan fingerprint density at radius 3 is 2.66 bits per heavy atom. The number of aromatic nitrogens is 2. The lowest BCUT2D eigenvalue weighted by atomic mass is 10.2. The molecule has 2 amide bonds. The maximum atomic E-state index is 13.3. The molecule has 4 rings (SSSR count). The van der Waals surface area contributed by atoms with Crippen LogP contribution in [-0.2, 0) is 9.53 Å². The molecular weight excluding hydrogens is 472 g/mol. The number of nitrogens with zero attached hydrogens (tertiary/aromatic N) is 3. The van der Waals surface area contributed by atoms with E-state index in [-0.39, 0.29) is 31.6 Å². The van der Waals surface area contributed by atoms with Gasteiger partial charge in [-0.3, -0.25) is 14.3 Å². The molecule has 35 heavy (non-hydrogen) atoms. The Hall–Kier alpha value is -3.56. The SMILES string of the molecule is CC(C)n1nccc1C(=O)N1CCOCCOc2ccccc2Oc2ccc(Cl)cc2NC(=O)C1. The predicted octanol–water partition coefficient (Wildman–Crippen LogP) is 4.40. The van der Waals surface area contributed by atoms with E-state index in [1.54, 1.807) is 47.3 Å². The minimum absolute atomic E-state index is 0.0116. The van der Waals surface area contributed by atoms with Gasteiger partial charge in [-0.15, -0.1) is 0 Å². The molecule has 1 N–H and O–H groups in total. The van der Waals surface area contributed by atoms with E-state index in [9.17, 15) is 9.59 Å². The van der Waals surface area contributed by atoms with Gasteiger partial charge in [0.2, 0.25) is 5.91 Å². The van der Waals surface area contributed by atoms with Gasteiger partial charge < -0.3 is 24.4 Å². The van der Waals surface area contributed by atoms with Crippen molar-refractivity contribution in [2.75, 3.05) is 38.2 Å². The van der Waals surface area contributed by atoms with Crippen LogP contribution in [0.15, 0.2) is 54.7 Å². The summed E-state index contributed by atoms with van der Waals surface area (Å²) >= 11 is 6.19. The summed E-state index contributed by atoms with van der Waals surface area (Å²) in [6.07, 6.45) is 1.57. The topological polar surface area (TPSA) is 94.9 Å². The highest BCUT2D eigenvalue weighted by molar-refractivity contribution is 6.31. The van der Waals surface area contributed by atoms with Crippen molar-refractivity contribution in [2.24, 2.45) is 0 Å². The fourth-order valence-electron chi connectivity index (χ4n) is 3.62.